The van der Waals surface area contributed by atoms with Gasteiger partial charge in [0.05, 0.1) is 12.2 Å². The lowest BCUT2D eigenvalue weighted by atomic mass is 10.1. The number of benzene rings is 2. The molecule has 2 rings (SSSR count). The van der Waals surface area contributed by atoms with Gasteiger partial charge in [-0.1, -0.05) is 55.3 Å². The molecule has 4 nitrogen and oxygen atoms in total. The molecule has 2 aromatic rings. The van der Waals surface area contributed by atoms with E-state index in [9.17, 15) is 9.59 Å². The normalized spacial score (nSPS) is 11.6. The van der Waals surface area contributed by atoms with Crippen molar-refractivity contribution in [2.45, 2.75) is 25.9 Å². The van der Waals surface area contributed by atoms with E-state index in [1.54, 1.807) is 48.5 Å². The predicted molar refractivity (Wildman–Crippen MR) is 91.9 cm³/mol. The Bertz CT molecular complexity index is 668. The van der Waals surface area contributed by atoms with Gasteiger partial charge in [-0.15, -0.1) is 0 Å². The second-order valence-electron chi connectivity index (χ2n) is 5.22. The Hall–Kier alpha value is -2.33. The summed E-state index contributed by atoms with van der Waals surface area (Å²) in [6.45, 7) is 2.31. The number of carbonyl (C=O) groups excluding carboxylic acids is 2. The third kappa shape index (κ3) is 5.10. The van der Waals surface area contributed by atoms with Gasteiger partial charge in [0.2, 0.25) is 6.10 Å². The molecule has 126 valence electrons. The molecule has 0 spiro atoms. The van der Waals surface area contributed by atoms with Crippen molar-refractivity contribution < 1.29 is 19.1 Å². The van der Waals surface area contributed by atoms with Crippen LogP contribution in [0.1, 0.15) is 41.8 Å². The Morgan fingerprint density at radius 1 is 1.04 bits per heavy atom. The van der Waals surface area contributed by atoms with Crippen molar-refractivity contribution in [1.29, 1.82) is 0 Å². The monoisotopic (exact) mass is 346 g/mol. The van der Waals surface area contributed by atoms with E-state index in [1.165, 1.54) is 0 Å². The number of unbranched alkanes of at least 4 members (excludes halogenated alkanes) is 1. The summed E-state index contributed by atoms with van der Waals surface area (Å²) in [6.07, 6.45) is 0.581. The van der Waals surface area contributed by atoms with Crippen molar-refractivity contribution in [1.82, 2.24) is 0 Å². The summed E-state index contributed by atoms with van der Waals surface area (Å²) < 4.78 is 10.6. The van der Waals surface area contributed by atoms with E-state index >= 15 is 0 Å². The van der Waals surface area contributed by atoms with Crippen LogP contribution in [0.3, 0.4) is 0 Å². The number of carbonyl (C=O) groups is 2. The molecule has 1 unspecified atom stereocenters. The Labute approximate surface area is 146 Å². The minimum atomic E-state index is -1.09. The van der Waals surface area contributed by atoms with Crippen molar-refractivity contribution in [3.8, 4) is 0 Å². The maximum atomic E-state index is 12.3. The fourth-order valence-corrected chi connectivity index (χ4v) is 2.16. The van der Waals surface area contributed by atoms with Crippen molar-refractivity contribution in [2.24, 2.45) is 0 Å². The zero-order valence-corrected chi connectivity index (χ0v) is 14.2. The Morgan fingerprint density at radius 2 is 1.71 bits per heavy atom. The SMILES string of the molecule is CCCCOC(=O)C(OC(=O)c1ccc(Cl)cc1)c1ccccc1. The lowest BCUT2D eigenvalue weighted by Crippen LogP contribution is -2.22. The van der Waals surface area contributed by atoms with E-state index in [1.807, 2.05) is 13.0 Å². The third-order valence-corrected chi connectivity index (χ3v) is 3.62. The highest BCUT2D eigenvalue weighted by Gasteiger charge is 2.27. The molecule has 0 saturated carbocycles. The molecule has 0 aliphatic carbocycles. The minimum absolute atomic E-state index is 0.303. The molecule has 0 heterocycles. The Balaban J connectivity index is 2.14. The number of hydrogen-bond donors (Lipinski definition) is 0. The highest BCUT2D eigenvalue weighted by molar-refractivity contribution is 6.30. The topological polar surface area (TPSA) is 52.6 Å². The van der Waals surface area contributed by atoms with Crippen LogP contribution in [-0.4, -0.2) is 18.5 Å². The highest BCUT2D eigenvalue weighted by atomic mass is 35.5. The van der Waals surface area contributed by atoms with Crippen molar-refractivity contribution >= 4 is 23.5 Å². The summed E-state index contributed by atoms with van der Waals surface area (Å²) >= 11 is 5.81. The van der Waals surface area contributed by atoms with Gasteiger partial charge in [-0.3, -0.25) is 0 Å². The zero-order chi connectivity index (χ0) is 17.4. The average molecular weight is 347 g/mol. The van der Waals surface area contributed by atoms with Gasteiger partial charge in [0.15, 0.2) is 0 Å². The maximum Gasteiger partial charge on any atom is 0.352 e. The molecule has 0 aromatic heterocycles. The quantitative estimate of drug-likeness (QED) is 0.544. The number of ether oxygens (including phenoxy) is 2. The fourth-order valence-electron chi connectivity index (χ4n) is 2.03. The van der Waals surface area contributed by atoms with E-state index in [0.29, 0.717) is 22.8 Å². The van der Waals surface area contributed by atoms with Gasteiger partial charge in [-0.05, 0) is 30.7 Å². The van der Waals surface area contributed by atoms with Crippen LogP contribution in [0.2, 0.25) is 5.02 Å². The number of hydrogen-bond acceptors (Lipinski definition) is 4. The second-order valence-corrected chi connectivity index (χ2v) is 5.66. The summed E-state index contributed by atoms with van der Waals surface area (Å²) in [5.41, 5.74) is 0.892. The predicted octanol–water partition coefficient (Wildman–Crippen LogP) is 4.58. The largest absolute Gasteiger partial charge is 0.463 e. The van der Waals surface area contributed by atoms with Gasteiger partial charge in [0.1, 0.15) is 0 Å². The van der Waals surface area contributed by atoms with Crippen molar-refractivity contribution in [3.05, 3.63) is 70.7 Å². The van der Waals surface area contributed by atoms with Crippen LogP contribution < -0.4 is 0 Å². The van der Waals surface area contributed by atoms with Crippen LogP contribution in [0.4, 0.5) is 0 Å². The van der Waals surface area contributed by atoms with Crippen LogP contribution in [0.15, 0.2) is 54.6 Å². The molecule has 0 aliphatic heterocycles. The molecule has 0 radical (unpaired) electrons. The minimum Gasteiger partial charge on any atom is -0.463 e. The van der Waals surface area contributed by atoms with Gasteiger partial charge < -0.3 is 9.47 Å². The molecule has 0 bridgehead atoms. The van der Waals surface area contributed by atoms with Crippen LogP contribution in [0, 0.1) is 0 Å². The van der Waals surface area contributed by atoms with E-state index < -0.39 is 18.0 Å². The smallest absolute Gasteiger partial charge is 0.352 e. The number of rotatable bonds is 7. The van der Waals surface area contributed by atoms with Crippen LogP contribution in [0.25, 0.3) is 0 Å². The molecular weight excluding hydrogens is 328 g/mol. The van der Waals surface area contributed by atoms with Crippen molar-refractivity contribution in [2.75, 3.05) is 6.61 Å². The molecule has 0 saturated heterocycles. The molecule has 24 heavy (non-hydrogen) atoms. The maximum absolute atomic E-state index is 12.3. The van der Waals surface area contributed by atoms with Gasteiger partial charge in [-0.25, -0.2) is 9.59 Å². The average Bonchev–Trinajstić information content (AvgIpc) is 2.61. The van der Waals surface area contributed by atoms with Gasteiger partial charge >= 0.3 is 11.9 Å². The molecule has 5 heteroatoms. The first kappa shape index (κ1) is 18.0. The first-order valence-electron chi connectivity index (χ1n) is 7.80. The van der Waals surface area contributed by atoms with E-state index in [4.69, 9.17) is 21.1 Å². The van der Waals surface area contributed by atoms with Crippen LogP contribution in [0.5, 0.6) is 0 Å². The molecule has 2 aromatic carbocycles. The Kier molecular flexibility index (Phi) is 6.82. The van der Waals surface area contributed by atoms with E-state index in [-0.39, 0.29) is 0 Å². The standard InChI is InChI=1S/C19H19ClO4/c1-2-3-13-23-19(22)17(14-7-5-4-6-8-14)24-18(21)15-9-11-16(20)12-10-15/h4-12,17H,2-3,13H2,1H3. The molecule has 0 aliphatic rings. The van der Waals surface area contributed by atoms with E-state index in [0.717, 1.165) is 12.8 Å². The molecule has 1 atom stereocenters. The molecule has 0 N–H and O–H groups in total. The summed E-state index contributed by atoms with van der Waals surface area (Å²) in [4.78, 5) is 24.6. The molecule has 0 fully saturated rings. The van der Waals surface area contributed by atoms with Gasteiger partial charge in [0.25, 0.3) is 0 Å². The summed E-state index contributed by atoms with van der Waals surface area (Å²) in [5.74, 6) is -1.18. The van der Waals surface area contributed by atoms with Crippen molar-refractivity contribution in [3.63, 3.8) is 0 Å². The number of halogens is 1. The summed E-state index contributed by atoms with van der Waals surface area (Å²) in [5, 5.41) is 0.519. The van der Waals surface area contributed by atoms with E-state index in [2.05, 4.69) is 0 Å². The first-order chi connectivity index (χ1) is 11.6. The highest BCUT2D eigenvalue weighted by Crippen LogP contribution is 2.21. The fraction of sp³-hybridized carbons (Fsp3) is 0.263. The Morgan fingerprint density at radius 3 is 2.33 bits per heavy atom. The summed E-state index contributed by atoms with van der Waals surface area (Å²) in [6, 6.07) is 15.1. The lowest BCUT2D eigenvalue weighted by molar-refractivity contribution is -0.154. The zero-order valence-electron chi connectivity index (χ0n) is 13.4. The third-order valence-electron chi connectivity index (χ3n) is 3.36. The summed E-state index contributed by atoms with van der Waals surface area (Å²) in [7, 11) is 0. The van der Waals surface area contributed by atoms with Gasteiger partial charge in [0, 0.05) is 10.6 Å². The second kappa shape index (κ2) is 9.08. The molecular formula is C19H19ClO4. The molecule has 0 amide bonds. The first-order valence-corrected chi connectivity index (χ1v) is 8.17. The van der Waals surface area contributed by atoms with Crippen LogP contribution >= 0.6 is 11.6 Å². The number of esters is 2. The van der Waals surface area contributed by atoms with Gasteiger partial charge in [-0.2, -0.15) is 0 Å². The van der Waals surface area contributed by atoms with Crippen LogP contribution in [-0.2, 0) is 14.3 Å². The lowest BCUT2D eigenvalue weighted by Gasteiger charge is -2.17.